The van der Waals surface area contributed by atoms with E-state index in [1.807, 2.05) is 80.6 Å². The monoisotopic (exact) mass is 1490 g/mol. The third-order valence-electron chi connectivity index (χ3n) is 19.5. The first kappa shape index (κ1) is 78.0. The van der Waals surface area contributed by atoms with Crippen molar-refractivity contribution in [1.82, 2.24) is 46.6 Å². The highest BCUT2D eigenvalue weighted by Crippen LogP contribution is 2.37. The molecule has 6 fully saturated rings. The van der Waals surface area contributed by atoms with Gasteiger partial charge in [0.1, 0.15) is 54.7 Å². The van der Waals surface area contributed by atoms with Crippen LogP contribution < -0.4 is 26.7 Å². The molecule has 2 aromatic heterocycles. The van der Waals surface area contributed by atoms with Crippen molar-refractivity contribution in [2.45, 2.75) is 177 Å². The minimum Gasteiger partial charge on any atom is -0.461 e. The zero-order valence-corrected chi connectivity index (χ0v) is 61.5. The molecule has 4 aromatic rings. The molecular formula is C74H94Cl3N9O17. The van der Waals surface area contributed by atoms with Gasteiger partial charge in [0.15, 0.2) is 12.2 Å². The van der Waals surface area contributed by atoms with Crippen LogP contribution >= 0.6 is 34.8 Å². The van der Waals surface area contributed by atoms with Gasteiger partial charge >= 0.3 is 24.0 Å². The molecule has 4 saturated heterocycles. The van der Waals surface area contributed by atoms with Gasteiger partial charge in [-0.05, 0) is 135 Å². The lowest BCUT2D eigenvalue weighted by molar-refractivity contribution is -0.193. The van der Waals surface area contributed by atoms with Gasteiger partial charge in [0.25, 0.3) is 17.7 Å². The predicted octanol–water partition coefficient (Wildman–Crippen LogP) is 9.11. The normalized spacial score (nSPS) is 24.4. The van der Waals surface area contributed by atoms with E-state index in [4.69, 9.17) is 82.7 Å². The third-order valence-corrected chi connectivity index (χ3v) is 19.9. The van der Waals surface area contributed by atoms with Crippen molar-refractivity contribution in [1.29, 1.82) is 0 Å². The summed E-state index contributed by atoms with van der Waals surface area (Å²) >= 11 is 17.2. The molecule has 5 N–H and O–H groups in total. The number of alkyl halides is 3. The number of piperidine rings is 1. The molecule has 7 aliphatic rings. The Morgan fingerprint density at radius 1 is 0.738 bits per heavy atom. The zero-order chi connectivity index (χ0) is 73.8. The molecule has 5 aliphatic heterocycles. The topological polar surface area (TPSA) is 320 Å². The van der Waals surface area contributed by atoms with Crippen molar-refractivity contribution in [3.8, 4) is 0 Å². The third kappa shape index (κ3) is 20.7. The number of pyridine rings is 2. The van der Waals surface area contributed by atoms with Crippen LogP contribution in [0.15, 0.2) is 72.8 Å². The van der Waals surface area contributed by atoms with Gasteiger partial charge in [-0.15, -0.1) is 0 Å². The minimum atomic E-state index is -1.75. The number of benzene rings is 2. The molecule has 7 heterocycles. The van der Waals surface area contributed by atoms with Crippen LogP contribution in [0.1, 0.15) is 160 Å². The van der Waals surface area contributed by atoms with Crippen molar-refractivity contribution in [2.24, 2.45) is 28.6 Å². The second-order valence-corrected chi connectivity index (χ2v) is 31.5. The zero-order valence-electron chi connectivity index (χ0n) is 59.3. The number of hydrogen-bond donors (Lipinski definition) is 5. The molecule has 26 nitrogen and oxygen atoms in total. The van der Waals surface area contributed by atoms with Crippen molar-refractivity contribution in [3.63, 3.8) is 0 Å². The number of likely N-dealkylation sites (tertiary alicyclic amines) is 1. The summed E-state index contributed by atoms with van der Waals surface area (Å²) in [6.45, 7) is 12.7. The molecule has 6 amide bonds. The molecule has 1 spiro atoms. The molecule has 8 atom stereocenters. The summed E-state index contributed by atoms with van der Waals surface area (Å²) in [5.74, 6) is -5.01. The van der Waals surface area contributed by atoms with Crippen molar-refractivity contribution >= 4 is 122 Å². The summed E-state index contributed by atoms with van der Waals surface area (Å²) < 4.78 is 43.3. The van der Waals surface area contributed by atoms with Crippen LogP contribution in [0.2, 0.25) is 0 Å². The molecule has 29 heteroatoms. The van der Waals surface area contributed by atoms with E-state index >= 15 is 0 Å². The number of cyclic esters (lactones) is 1. The number of carbonyl (C=O) groups is 9. The standard InChI is InChI=1S/C41H53Cl3N4O10.C33H41N5O7/c1-25(46-38(53)58-39(3,4)5)31-15-14-28-13-12-27(19-32(28)47-31)16-17-40(21-54-24-55-22-40)37(52)57-33(29-9-6-7-10-29)34(49)45-26(2)35(50)48-18-8-11-30(20-48)36(51)56-23-41(42,43)44;1-20-25-12-11-23-10-9-22(16-27(23)36-25)13-14-33(17-43-19-44-18-33)32(42)45-28(24-6-3-4-7-24)30(40)35-21(2)31(41)38-15-5-8-26(37-38)29(39)34-20/h12-17,19,25-26,29-30,33H,6-11,18,20-24H2,1-5H3,(H,45,49)(H,46,53);9-14,16,20-21,24,26,28,37H,3-8,15,17-19H2,1-2H3,(H,34,39)(H,35,40)/b17-16+;14-13+/t25-,26+,30-,33+;20-,21+,26+,28+/m11/s1. The van der Waals surface area contributed by atoms with E-state index in [1.54, 1.807) is 52.8 Å². The highest BCUT2D eigenvalue weighted by atomic mass is 35.6. The molecule has 2 saturated carbocycles. The maximum absolute atomic E-state index is 14.2. The van der Waals surface area contributed by atoms with Gasteiger partial charge < -0.3 is 64.1 Å². The number of fused-ring (bicyclic) bond motifs is 5. The first-order chi connectivity index (χ1) is 49.0. The number of hydrazine groups is 1. The van der Waals surface area contributed by atoms with Crippen LogP contribution in [0.5, 0.6) is 0 Å². The Morgan fingerprint density at radius 3 is 2.08 bits per heavy atom. The summed E-state index contributed by atoms with van der Waals surface area (Å²) in [5.41, 5.74) is 4.03. The van der Waals surface area contributed by atoms with E-state index in [-0.39, 0.29) is 82.2 Å². The Kier molecular flexibility index (Phi) is 26.2. The number of amides is 6. The Bertz CT molecular complexity index is 3800. The number of aromatic nitrogens is 2. The maximum atomic E-state index is 14.2. The van der Waals surface area contributed by atoms with Gasteiger partial charge in [-0.3, -0.25) is 53.3 Å². The first-order valence-corrected chi connectivity index (χ1v) is 36.6. The number of nitrogens with zero attached hydrogens (tertiary/aromatic N) is 4. The van der Waals surface area contributed by atoms with Crippen LogP contribution in [0.4, 0.5) is 4.79 Å². The van der Waals surface area contributed by atoms with Crippen LogP contribution in [-0.4, -0.2) is 179 Å². The summed E-state index contributed by atoms with van der Waals surface area (Å²) in [6.07, 6.45) is 12.8. The molecule has 0 unspecified atom stereocenters. The van der Waals surface area contributed by atoms with E-state index < -0.39 is 105 Å². The summed E-state index contributed by atoms with van der Waals surface area (Å²) in [5, 5.41) is 14.6. The molecule has 11 rings (SSSR count). The average Bonchev–Trinajstić information content (AvgIpc) is 1.62. The number of alkyl carbamates (subject to hydrolysis) is 1. The average molecular weight is 1490 g/mol. The van der Waals surface area contributed by atoms with Gasteiger partial charge in [-0.1, -0.05) is 121 Å². The SMILES string of the molecule is C[C@@H]1NC(=O)[C@H](C2CCCC2)OC(=O)C2(/C=C/c3ccc4ccc(nc4c3)[C@@H](C)NC(=O)[C@@H]3CCCN(N3)C1=O)COCOC2.C[C@H](NC(=O)[C@@H](OC(=O)C1(/C=C/c2ccc3ccc([C@@H](C)NC(=O)OC(C)(C)C)nc3c2)COCOC1)C1CCCC1)C(=O)N1CCC[C@@H](C(=O)OCC(Cl)(Cl)Cl)C1. The number of nitrogens with one attached hydrogen (secondary N) is 5. The van der Waals surface area contributed by atoms with Gasteiger partial charge in [0.05, 0.1) is 66.9 Å². The van der Waals surface area contributed by atoms with Crippen LogP contribution in [-0.2, 0) is 76.3 Å². The number of carbonyl (C=O) groups excluding carboxylic acids is 9. The Hall–Kier alpha value is -7.56. The van der Waals surface area contributed by atoms with Crippen LogP contribution in [0.25, 0.3) is 34.0 Å². The fourth-order valence-electron chi connectivity index (χ4n) is 13.8. The lowest BCUT2D eigenvalue weighted by Gasteiger charge is -2.36. The van der Waals surface area contributed by atoms with E-state index in [2.05, 4.69) is 26.7 Å². The molecule has 2 aromatic carbocycles. The largest absolute Gasteiger partial charge is 0.461 e. The van der Waals surface area contributed by atoms with Crippen molar-refractivity contribution in [3.05, 3.63) is 95.3 Å². The second kappa shape index (κ2) is 34.6. The molecule has 5 bridgehead atoms. The molecular weight excluding hydrogens is 1390 g/mol. The smallest absolute Gasteiger partial charge is 0.408 e. The fourth-order valence-corrected chi connectivity index (χ4v) is 14.0. The number of rotatable bonds is 13. The number of hydrogen-bond acceptors (Lipinski definition) is 20. The van der Waals surface area contributed by atoms with Gasteiger partial charge in [-0.2, -0.15) is 0 Å². The van der Waals surface area contributed by atoms with Gasteiger partial charge in [0, 0.05) is 42.2 Å². The fraction of sp³-hybridized carbons (Fsp3) is 0.581. The first-order valence-electron chi connectivity index (χ1n) is 35.5. The number of esters is 3. The second-order valence-electron chi connectivity index (χ2n) is 28.9. The highest BCUT2D eigenvalue weighted by Gasteiger charge is 2.48. The van der Waals surface area contributed by atoms with E-state index in [1.165, 1.54) is 9.91 Å². The quantitative estimate of drug-likeness (QED) is 0.0473. The summed E-state index contributed by atoms with van der Waals surface area (Å²) in [7, 11) is 0. The lowest BCUT2D eigenvalue weighted by atomic mass is 9.87. The van der Waals surface area contributed by atoms with Crippen molar-refractivity contribution in [2.75, 3.05) is 66.3 Å². The number of halogens is 3. The Morgan fingerprint density at radius 2 is 1.38 bits per heavy atom. The number of ether oxygens (including phenoxy) is 8. The van der Waals surface area contributed by atoms with E-state index in [9.17, 15) is 43.2 Å². The molecule has 103 heavy (non-hydrogen) atoms. The van der Waals surface area contributed by atoms with E-state index in [0.717, 1.165) is 65.9 Å². The Balaban J connectivity index is 0.000000228. The Labute approximate surface area is 614 Å². The van der Waals surface area contributed by atoms with Crippen molar-refractivity contribution < 1.29 is 81.0 Å². The molecule has 2 aliphatic carbocycles. The molecule has 558 valence electrons. The highest BCUT2D eigenvalue weighted by molar-refractivity contribution is 6.67. The summed E-state index contributed by atoms with van der Waals surface area (Å²) in [4.78, 5) is 132. The van der Waals surface area contributed by atoms with E-state index in [0.29, 0.717) is 68.5 Å². The lowest BCUT2D eigenvalue weighted by Crippen LogP contribution is -2.61. The predicted molar refractivity (Wildman–Crippen MR) is 382 cm³/mol. The van der Waals surface area contributed by atoms with Crippen LogP contribution in [0, 0.1) is 28.6 Å². The minimum absolute atomic E-state index is 0.00475. The molecule has 0 radical (unpaired) electrons. The van der Waals surface area contributed by atoms with Gasteiger partial charge in [0.2, 0.25) is 15.6 Å². The summed E-state index contributed by atoms with van der Waals surface area (Å²) in [6, 6.07) is 15.7. The van der Waals surface area contributed by atoms with Crippen LogP contribution in [0.3, 0.4) is 0 Å². The van der Waals surface area contributed by atoms with Gasteiger partial charge in [-0.25, -0.2) is 10.2 Å². The maximum Gasteiger partial charge on any atom is 0.408 e.